The van der Waals surface area contributed by atoms with E-state index in [0.717, 1.165) is 17.7 Å². The molecule has 6 heteroatoms. The number of aromatic nitrogens is 2. The summed E-state index contributed by atoms with van der Waals surface area (Å²) in [6.45, 7) is 2.29. The van der Waals surface area contributed by atoms with Crippen LogP contribution in [0.1, 0.15) is 24.9 Å². The zero-order chi connectivity index (χ0) is 15.2. The van der Waals surface area contributed by atoms with Crippen LogP contribution in [0.15, 0.2) is 36.7 Å². The summed E-state index contributed by atoms with van der Waals surface area (Å²) in [7, 11) is 1.60. The van der Waals surface area contributed by atoms with Crippen LogP contribution in [0.2, 0.25) is 0 Å². The predicted octanol–water partition coefficient (Wildman–Crippen LogP) is 1.90. The Balaban J connectivity index is 2.05. The Labute approximate surface area is 123 Å². The number of phenols is 1. The molecule has 0 saturated heterocycles. The third-order valence-corrected chi connectivity index (χ3v) is 3.26. The van der Waals surface area contributed by atoms with Crippen LogP contribution >= 0.6 is 0 Å². The molecule has 1 aromatic carbocycles. The average molecular weight is 288 g/mol. The highest BCUT2D eigenvalue weighted by molar-refractivity contribution is 5.75. The third-order valence-electron chi connectivity index (χ3n) is 3.26. The first-order chi connectivity index (χ1) is 10.1. The number of hydrogen-bond acceptors (Lipinski definition) is 4. The summed E-state index contributed by atoms with van der Waals surface area (Å²) in [6, 6.07) is 7.27. The molecule has 2 aromatic rings. The van der Waals surface area contributed by atoms with Crippen molar-refractivity contribution in [3.8, 4) is 5.75 Å². The zero-order valence-corrected chi connectivity index (χ0v) is 12.2. The van der Waals surface area contributed by atoms with Crippen LogP contribution in [0.5, 0.6) is 5.75 Å². The molecule has 0 aliphatic carbocycles. The van der Waals surface area contributed by atoms with Gasteiger partial charge in [0.15, 0.2) is 0 Å². The lowest BCUT2D eigenvalue weighted by Gasteiger charge is -2.17. The van der Waals surface area contributed by atoms with Gasteiger partial charge in [0.1, 0.15) is 12.3 Å². The van der Waals surface area contributed by atoms with E-state index in [1.807, 2.05) is 12.1 Å². The second-order valence-corrected chi connectivity index (χ2v) is 4.80. The van der Waals surface area contributed by atoms with Crippen LogP contribution in [-0.4, -0.2) is 27.8 Å². The fourth-order valence-electron chi connectivity index (χ4n) is 2.08. The molecule has 21 heavy (non-hydrogen) atoms. The summed E-state index contributed by atoms with van der Waals surface area (Å²) in [5.41, 5.74) is 1.95. The molecule has 6 nitrogen and oxygen atoms in total. The second-order valence-electron chi connectivity index (χ2n) is 4.80. The summed E-state index contributed by atoms with van der Waals surface area (Å²) in [6.07, 6.45) is 4.40. The van der Waals surface area contributed by atoms with Gasteiger partial charge in [-0.3, -0.25) is 9.48 Å². The van der Waals surface area contributed by atoms with E-state index in [4.69, 9.17) is 0 Å². The Bertz CT molecular complexity index is 592. The van der Waals surface area contributed by atoms with E-state index in [2.05, 4.69) is 22.7 Å². The minimum Gasteiger partial charge on any atom is -0.508 e. The van der Waals surface area contributed by atoms with Gasteiger partial charge in [-0.15, -0.1) is 0 Å². The molecule has 0 bridgehead atoms. The standard InChI is InChI=1S/C15H20N4O2/c1-3-14(11-4-6-13(20)7-5-11)18-12-8-17-19(9-12)10-15(21)16-2/h4-9,14,18,20H,3,10H2,1-2H3,(H,16,21). The molecular formula is C15H20N4O2. The maximum atomic E-state index is 11.3. The van der Waals surface area contributed by atoms with Gasteiger partial charge in [-0.25, -0.2) is 0 Å². The number of carbonyl (C=O) groups excluding carboxylic acids is 1. The summed E-state index contributed by atoms with van der Waals surface area (Å²) < 4.78 is 1.59. The zero-order valence-electron chi connectivity index (χ0n) is 12.2. The van der Waals surface area contributed by atoms with E-state index in [9.17, 15) is 9.90 Å². The maximum Gasteiger partial charge on any atom is 0.241 e. The third kappa shape index (κ3) is 3.98. The molecule has 3 N–H and O–H groups in total. The van der Waals surface area contributed by atoms with Crippen LogP contribution in [0, 0.1) is 0 Å². The number of aromatic hydroxyl groups is 1. The highest BCUT2D eigenvalue weighted by atomic mass is 16.3. The quantitative estimate of drug-likeness (QED) is 0.758. The number of amides is 1. The molecule has 0 aliphatic heterocycles. The Morgan fingerprint density at radius 2 is 2.10 bits per heavy atom. The van der Waals surface area contributed by atoms with Gasteiger partial charge < -0.3 is 15.7 Å². The van der Waals surface area contributed by atoms with Crippen LogP contribution in [0.25, 0.3) is 0 Å². The van der Waals surface area contributed by atoms with E-state index in [1.54, 1.807) is 36.3 Å². The highest BCUT2D eigenvalue weighted by Crippen LogP contribution is 2.23. The molecule has 0 saturated carbocycles. The van der Waals surface area contributed by atoms with E-state index in [-0.39, 0.29) is 24.2 Å². The minimum absolute atomic E-state index is 0.0878. The predicted molar refractivity (Wildman–Crippen MR) is 81.1 cm³/mol. The molecule has 112 valence electrons. The Morgan fingerprint density at radius 3 is 2.71 bits per heavy atom. The summed E-state index contributed by atoms with van der Waals surface area (Å²) in [5.74, 6) is 0.169. The topological polar surface area (TPSA) is 79.2 Å². The van der Waals surface area contributed by atoms with Crippen molar-refractivity contribution in [1.29, 1.82) is 0 Å². The van der Waals surface area contributed by atoms with Crippen LogP contribution in [0.3, 0.4) is 0 Å². The summed E-state index contributed by atoms with van der Waals surface area (Å²) >= 11 is 0. The molecule has 1 unspecified atom stereocenters. The molecule has 1 heterocycles. The molecule has 2 rings (SSSR count). The van der Waals surface area contributed by atoms with Gasteiger partial charge in [-0.1, -0.05) is 19.1 Å². The Hall–Kier alpha value is -2.50. The van der Waals surface area contributed by atoms with Gasteiger partial charge in [0.2, 0.25) is 5.91 Å². The summed E-state index contributed by atoms with van der Waals surface area (Å²) in [4.78, 5) is 11.3. The van der Waals surface area contributed by atoms with Crippen LogP contribution in [-0.2, 0) is 11.3 Å². The van der Waals surface area contributed by atoms with E-state index in [1.165, 1.54) is 0 Å². The number of phenolic OH excluding ortho intramolecular Hbond substituents is 1. The summed E-state index contributed by atoms with van der Waals surface area (Å²) in [5, 5.41) is 19.4. The average Bonchev–Trinajstić information content (AvgIpc) is 2.93. The first kappa shape index (κ1) is 14.9. The van der Waals surface area contributed by atoms with Crippen molar-refractivity contribution < 1.29 is 9.90 Å². The lowest BCUT2D eigenvalue weighted by atomic mass is 10.0. The number of anilines is 1. The van der Waals surface area contributed by atoms with Crippen molar-refractivity contribution in [2.24, 2.45) is 0 Å². The van der Waals surface area contributed by atoms with Gasteiger partial charge in [0.05, 0.1) is 17.9 Å². The van der Waals surface area contributed by atoms with Gasteiger partial charge in [0.25, 0.3) is 0 Å². The molecule has 1 atom stereocenters. The number of nitrogens with one attached hydrogen (secondary N) is 2. The molecule has 0 spiro atoms. The lowest BCUT2D eigenvalue weighted by Crippen LogP contribution is -2.23. The van der Waals surface area contributed by atoms with Gasteiger partial charge in [-0.2, -0.15) is 5.10 Å². The Morgan fingerprint density at radius 1 is 1.38 bits per heavy atom. The van der Waals surface area contributed by atoms with Crippen molar-refractivity contribution >= 4 is 11.6 Å². The lowest BCUT2D eigenvalue weighted by molar-refractivity contribution is -0.121. The van der Waals surface area contributed by atoms with Crippen LogP contribution in [0.4, 0.5) is 5.69 Å². The van der Waals surface area contributed by atoms with Crippen molar-refractivity contribution in [1.82, 2.24) is 15.1 Å². The number of carbonyl (C=O) groups is 1. The smallest absolute Gasteiger partial charge is 0.241 e. The van der Waals surface area contributed by atoms with E-state index >= 15 is 0 Å². The first-order valence-corrected chi connectivity index (χ1v) is 6.91. The molecule has 0 radical (unpaired) electrons. The first-order valence-electron chi connectivity index (χ1n) is 6.91. The minimum atomic E-state index is -0.0878. The molecule has 1 aromatic heterocycles. The normalized spacial score (nSPS) is 11.9. The monoisotopic (exact) mass is 288 g/mol. The number of hydrogen-bond donors (Lipinski definition) is 3. The van der Waals surface area contributed by atoms with Gasteiger partial charge in [-0.05, 0) is 24.1 Å². The largest absolute Gasteiger partial charge is 0.508 e. The maximum absolute atomic E-state index is 11.3. The molecule has 0 fully saturated rings. The molecule has 1 amide bonds. The molecule has 0 aliphatic rings. The fraction of sp³-hybridized carbons (Fsp3) is 0.333. The number of benzene rings is 1. The van der Waals surface area contributed by atoms with Crippen molar-refractivity contribution in [3.05, 3.63) is 42.2 Å². The Kier molecular flexibility index (Phi) is 4.81. The second kappa shape index (κ2) is 6.78. The van der Waals surface area contributed by atoms with Crippen molar-refractivity contribution in [2.45, 2.75) is 25.9 Å². The molecular weight excluding hydrogens is 268 g/mol. The van der Waals surface area contributed by atoms with Gasteiger partial charge in [0, 0.05) is 13.2 Å². The van der Waals surface area contributed by atoms with E-state index in [0.29, 0.717) is 0 Å². The fourth-order valence-corrected chi connectivity index (χ4v) is 2.08. The SMILES string of the molecule is CCC(Nc1cnn(CC(=O)NC)c1)c1ccc(O)cc1. The highest BCUT2D eigenvalue weighted by Gasteiger charge is 2.11. The van der Waals surface area contributed by atoms with Crippen molar-refractivity contribution in [3.63, 3.8) is 0 Å². The number of rotatable bonds is 6. The van der Waals surface area contributed by atoms with Crippen LogP contribution < -0.4 is 10.6 Å². The van der Waals surface area contributed by atoms with Crippen molar-refractivity contribution in [2.75, 3.05) is 12.4 Å². The van der Waals surface area contributed by atoms with Gasteiger partial charge >= 0.3 is 0 Å². The number of likely N-dealkylation sites (N-methyl/N-ethyl adjacent to an activating group) is 1. The number of nitrogens with zero attached hydrogens (tertiary/aromatic N) is 2. The van der Waals surface area contributed by atoms with E-state index < -0.39 is 0 Å².